The van der Waals surface area contributed by atoms with Crippen LogP contribution in [0, 0.1) is 0 Å². The zero-order valence-corrected chi connectivity index (χ0v) is 14.0. The van der Waals surface area contributed by atoms with Gasteiger partial charge in [-0.25, -0.2) is 4.98 Å². The number of hydrogen-bond acceptors (Lipinski definition) is 5. The predicted molar refractivity (Wildman–Crippen MR) is 88.9 cm³/mol. The summed E-state index contributed by atoms with van der Waals surface area (Å²) in [6.45, 7) is 2.91. The number of hydrogen-bond donors (Lipinski definition) is 1. The fourth-order valence-corrected chi connectivity index (χ4v) is 2.77. The van der Waals surface area contributed by atoms with Crippen molar-refractivity contribution < 1.29 is 14.3 Å². The third-order valence-electron chi connectivity index (χ3n) is 2.88. The quantitative estimate of drug-likeness (QED) is 0.778. The molecule has 0 saturated heterocycles. The van der Waals surface area contributed by atoms with Crippen LogP contribution in [0.3, 0.4) is 0 Å². The van der Waals surface area contributed by atoms with Crippen LogP contribution in [-0.2, 0) is 9.53 Å². The largest absolute Gasteiger partial charge is 0.495 e. The number of rotatable bonds is 7. The highest BCUT2D eigenvalue weighted by Crippen LogP contribution is 2.31. The van der Waals surface area contributed by atoms with Crippen molar-refractivity contribution in [2.24, 2.45) is 0 Å². The van der Waals surface area contributed by atoms with Crippen LogP contribution in [0.2, 0.25) is 5.02 Å². The number of aromatic nitrogens is 1. The van der Waals surface area contributed by atoms with Crippen LogP contribution in [0.4, 0.5) is 5.13 Å². The fourth-order valence-electron chi connectivity index (χ4n) is 1.78. The minimum Gasteiger partial charge on any atom is -0.495 e. The molecule has 1 amide bonds. The molecule has 0 bridgehead atoms. The first-order valence-electron chi connectivity index (χ1n) is 6.81. The third-order valence-corrected chi connectivity index (χ3v) is 3.93. The third kappa shape index (κ3) is 4.43. The van der Waals surface area contributed by atoms with Crippen molar-refractivity contribution in [3.8, 4) is 17.0 Å². The highest BCUT2D eigenvalue weighted by molar-refractivity contribution is 7.14. The van der Waals surface area contributed by atoms with E-state index in [0.717, 1.165) is 11.3 Å². The summed E-state index contributed by atoms with van der Waals surface area (Å²) in [4.78, 5) is 16.1. The van der Waals surface area contributed by atoms with E-state index in [4.69, 9.17) is 21.1 Å². The van der Waals surface area contributed by atoms with E-state index in [2.05, 4.69) is 10.3 Å². The van der Waals surface area contributed by atoms with Crippen molar-refractivity contribution in [2.75, 3.05) is 25.6 Å². The number of nitrogens with zero attached hydrogens (tertiary/aromatic N) is 1. The van der Waals surface area contributed by atoms with Crippen LogP contribution >= 0.6 is 22.9 Å². The van der Waals surface area contributed by atoms with Gasteiger partial charge in [0.2, 0.25) is 5.91 Å². The van der Waals surface area contributed by atoms with Gasteiger partial charge in [0, 0.05) is 17.6 Å². The van der Waals surface area contributed by atoms with Gasteiger partial charge in [0.15, 0.2) is 5.13 Å². The highest BCUT2D eigenvalue weighted by atomic mass is 35.5. The number of ether oxygens (including phenoxy) is 2. The maximum atomic E-state index is 11.7. The standard InChI is InChI=1S/C15H17ClN2O3S/c1-3-21-7-6-14(19)18-15-17-12(9-22-15)10-4-5-13(20-2)11(16)8-10/h4-5,8-9H,3,6-7H2,1-2H3,(H,17,18,19). The molecule has 0 radical (unpaired) electrons. The Morgan fingerprint density at radius 3 is 2.95 bits per heavy atom. The van der Waals surface area contributed by atoms with Crippen LogP contribution in [0.1, 0.15) is 13.3 Å². The van der Waals surface area contributed by atoms with Gasteiger partial charge < -0.3 is 14.8 Å². The number of thiazole rings is 1. The Labute approximate surface area is 138 Å². The molecule has 0 fully saturated rings. The van der Waals surface area contributed by atoms with Crippen LogP contribution in [-0.4, -0.2) is 31.2 Å². The molecule has 7 heteroatoms. The van der Waals surface area contributed by atoms with Gasteiger partial charge in [-0.2, -0.15) is 0 Å². The van der Waals surface area contributed by atoms with E-state index in [1.54, 1.807) is 19.2 Å². The van der Waals surface area contributed by atoms with Crippen LogP contribution < -0.4 is 10.1 Å². The number of nitrogens with one attached hydrogen (secondary N) is 1. The van der Waals surface area contributed by atoms with Gasteiger partial charge in [-0.1, -0.05) is 11.6 Å². The molecule has 0 saturated carbocycles. The van der Waals surface area contributed by atoms with Gasteiger partial charge in [0.05, 0.1) is 30.9 Å². The monoisotopic (exact) mass is 340 g/mol. The number of amides is 1. The Bertz CT molecular complexity index is 645. The summed E-state index contributed by atoms with van der Waals surface area (Å²) in [7, 11) is 1.57. The second-order valence-corrected chi connectivity index (χ2v) is 5.65. The molecule has 1 aromatic carbocycles. The number of carbonyl (C=O) groups is 1. The first-order chi connectivity index (χ1) is 10.6. The van der Waals surface area contributed by atoms with Crippen molar-refractivity contribution in [3.63, 3.8) is 0 Å². The smallest absolute Gasteiger partial charge is 0.228 e. The molecule has 118 valence electrons. The molecule has 2 aromatic rings. The summed E-state index contributed by atoms with van der Waals surface area (Å²) >= 11 is 7.48. The fraction of sp³-hybridized carbons (Fsp3) is 0.333. The van der Waals surface area contributed by atoms with Crippen molar-refractivity contribution in [2.45, 2.75) is 13.3 Å². The molecule has 1 aromatic heterocycles. The van der Waals surface area contributed by atoms with Crippen molar-refractivity contribution in [1.82, 2.24) is 4.98 Å². The number of benzene rings is 1. The van der Waals surface area contributed by atoms with E-state index >= 15 is 0 Å². The molecular formula is C15H17ClN2O3S. The second-order valence-electron chi connectivity index (χ2n) is 4.38. The normalized spacial score (nSPS) is 10.5. The predicted octanol–water partition coefficient (Wildman–Crippen LogP) is 3.84. The lowest BCUT2D eigenvalue weighted by Crippen LogP contribution is -2.13. The molecule has 0 aliphatic heterocycles. The first kappa shape index (κ1) is 16.7. The van der Waals surface area contributed by atoms with Gasteiger partial charge in [-0.3, -0.25) is 4.79 Å². The summed E-state index contributed by atoms with van der Waals surface area (Å²) in [6.07, 6.45) is 0.317. The molecule has 2 rings (SSSR count). The summed E-state index contributed by atoms with van der Waals surface area (Å²) < 4.78 is 10.3. The zero-order chi connectivity index (χ0) is 15.9. The number of carbonyl (C=O) groups excluding carboxylic acids is 1. The van der Waals surface area contributed by atoms with E-state index in [-0.39, 0.29) is 5.91 Å². The topological polar surface area (TPSA) is 60.5 Å². The van der Waals surface area contributed by atoms with Crippen LogP contribution in [0.15, 0.2) is 23.6 Å². The Kier molecular flexibility index (Phi) is 6.18. The Morgan fingerprint density at radius 2 is 2.27 bits per heavy atom. The van der Waals surface area contributed by atoms with Crippen molar-refractivity contribution >= 4 is 34.0 Å². The van der Waals surface area contributed by atoms with E-state index in [0.29, 0.717) is 35.5 Å². The van der Waals surface area contributed by atoms with Gasteiger partial charge in [0.1, 0.15) is 5.75 Å². The Balaban J connectivity index is 2.02. The van der Waals surface area contributed by atoms with Gasteiger partial charge >= 0.3 is 0 Å². The lowest BCUT2D eigenvalue weighted by Gasteiger charge is -2.04. The molecule has 22 heavy (non-hydrogen) atoms. The Hall–Kier alpha value is -1.63. The van der Waals surface area contributed by atoms with Gasteiger partial charge in [0.25, 0.3) is 0 Å². The minimum absolute atomic E-state index is 0.109. The summed E-state index contributed by atoms with van der Waals surface area (Å²) in [6, 6.07) is 5.45. The molecule has 0 aliphatic carbocycles. The summed E-state index contributed by atoms with van der Waals surface area (Å²) in [5.41, 5.74) is 1.63. The highest BCUT2D eigenvalue weighted by Gasteiger charge is 2.10. The van der Waals surface area contributed by atoms with Crippen molar-refractivity contribution in [3.05, 3.63) is 28.6 Å². The lowest BCUT2D eigenvalue weighted by atomic mass is 10.2. The average molecular weight is 341 g/mol. The maximum Gasteiger partial charge on any atom is 0.228 e. The average Bonchev–Trinajstić information content (AvgIpc) is 2.96. The molecule has 1 heterocycles. The van der Waals surface area contributed by atoms with E-state index in [9.17, 15) is 4.79 Å². The second kappa shape index (κ2) is 8.12. The maximum absolute atomic E-state index is 11.7. The molecule has 0 spiro atoms. The molecule has 0 unspecified atom stereocenters. The van der Waals surface area contributed by atoms with Gasteiger partial charge in [-0.15, -0.1) is 11.3 Å². The summed E-state index contributed by atoms with van der Waals surface area (Å²) in [5, 5.41) is 5.71. The zero-order valence-electron chi connectivity index (χ0n) is 12.4. The number of anilines is 1. The lowest BCUT2D eigenvalue weighted by molar-refractivity contribution is -0.117. The number of halogens is 1. The molecule has 5 nitrogen and oxygen atoms in total. The summed E-state index contributed by atoms with van der Waals surface area (Å²) in [5.74, 6) is 0.507. The molecule has 1 N–H and O–H groups in total. The SMILES string of the molecule is CCOCCC(=O)Nc1nc(-c2ccc(OC)c(Cl)c2)cs1. The van der Waals surface area contributed by atoms with Crippen molar-refractivity contribution in [1.29, 1.82) is 0 Å². The minimum atomic E-state index is -0.109. The van der Waals surface area contributed by atoms with Crippen LogP contribution in [0.5, 0.6) is 5.75 Å². The van der Waals surface area contributed by atoms with Crippen LogP contribution in [0.25, 0.3) is 11.3 Å². The Morgan fingerprint density at radius 1 is 1.45 bits per heavy atom. The van der Waals surface area contributed by atoms with E-state index in [1.165, 1.54) is 11.3 Å². The van der Waals surface area contributed by atoms with Gasteiger partial charge in [-0.05, 0) is 25.1 Å². The molecule has 0 atom stereocenters. The first-order valence-corrected chi connectivity index (χ1v) is 8.06. The number of methoxy groups -OCH3 is 1. The van der Waals surface area contributed by atoms with E-state index < -0.39 is 0 Å². The molecular weight excluding hydrogens is 324 g/mol. The van der Waals surface area contributed by atoms with E-state index in [1.807, 2.05) is 18.4 Å². The molecule has 0 aliphatic rings.